The van der Waals surface area contributed by atoms with E-state index < -0.39 is 0 Å². The van der Waals surface area contributed by atoms with Gasteiger partial charge in [0.2, 0.25) is 0 Å². The molecule has 0 aliphatic carbocycles. The minimum Gasteiger partial charge on any atom is -0.307 e. The van der Waals surface area contributed by atoms with Crippen LogP contribution in [0.15, 0.2) is 59.7 Å². The minimum atomic E-state index is -0.216. The fourth-order valence-electron chi connectivity index (χ4n) is 1.84. The maximum Gasteiger partial charge on any atom is 0.123 e. The molecule has 1 N–H and O–H groups in total. The van der Waals surface area contributed by atoms with Gasteiger partial charge in [0.05, 0.1) is 5.71 Å². The van der Waals surface area contributed by atoms with Gasteiger partial charge in [-0.2, -0.15) is 5.10 Å². The summed E-state index contributed by atoms with van der Waals surface area (Å²) in [5, 5.41) is 4.48. The summed E-state index contributed by atoms with van der Waals surface area (Å²) in [6.45, 7) is 4.09. The molecule has 0 heterocycles. The second-order valence-corrected chi connectivity index (χ2v) is 5.01. The van der Waals surface area contributed by atoms with Gasteiger partial charge >= 0.3 is 0 Å². The summed E-state index contributed by atoms with van der Waals surface area (Å²) in [6, 6.07) is 16.9. The van der Waals surface area contributed by atoms with Crippen LogP contribution in [-0.2, 0) is 6.42 Å². The van der Waals surface area contributed by atoms with Crippen LogP contribution in [0.1, 0.15) is 25.0 Å². The first-order valence-corrected chi connectivity index (χ1v) is 6.77. The van der Waals surface area contributed by atoms with Gasteiger partial charge in [-0.3, -0.25) is 0 Å². The number of nitrogens with one attached hydrogen (secondary N) is 1. The van der Waals surface area contributed by atoms with Crippen molar-refractivity contribution in [2.75, 3.05) is 0 Å². The van der Waals surface area contributed by atoms with E-state index in [2.05, 4.69) is 10.5 Å². The Morgan fingerprint density at radius 2 is 1.70 bits per heavy atom. The van der Waals surface area contributed by atoms with Crippen molar-refractivity contribution in [2.45, 2.75) is 26.3 Å². The molecule has 0 aromatic heterocycles. The molecular formula is C17H19FN2. The molecule has 3 heteroatoms. The highest BCUT2D eigenvalue weighted by atomic mass is 19.1. The van der Waals surface area contributed by atoms with Crippen molar-refractivity contribution in [3.05, 3.63) is 71.5 Å². The van der Waals surface area contributed by atoms with Crippen LogP contribution in [0.5, 0.6) is 0 Å². The fraction of sp³-hybridized carbons (Fsp3) is 0.235. The Balaban J connectivity index is 2.23. The summed E-state index contributed by atoms with van der Waals surface area (Å²) < 4.78 is 13.0. The molecule has 0 saturated carbocycles. The van der Waals surface area contributed by atoms with Crippen LogP contribution < -0.4 is 5.43 Å². The molecule has 2 aromatic carbocycles. The zero-order valence-electron chi connectivity index (χ0n) is 11.8. The van der Waals surface area contributed by atoms with Crippen molar-refractivity contribution in [2.24, 2.45) is 5.10 Å². The highest BCUT2D eigenvalue weighted by molar-refractivity contribution is 6.01. The Bertz CT molecular complexity index is 559. The van der Waals surface area contributed by atoms with Crippen LogP contribution in [0.4, 0.5) is 4.39 Å². The molecule has 0 amide bonds. The topological polar surface area (TPSA) is 24.4 Å². The number of rotatable bonds is 5. The SMILES string of the molecule is CC(C)NN=C(Cc1ccc(F)cc1)c1ccccc1. The molecule has 0 saturated heterocycles. The van der Waals surface area contributed by atoms with Gasteiger partial charge < -0.3 is 5.43 Å². The molecule has 0 atom stereocenters. The second kappa shape index (κ2) is 6.85. The quantitative estimate of drug-likeness (QED) is 0.649. The van der Waals surface area contributed by atoms with Crippen molar-refractivity contribution in [1.29, 1.82) is 0 Å². The molecule has 2 nitrogen and oxygen atoms in total. The lowest BCUT2D eigenvalue weighted by Gasteiger charge is -2.10. The Kier molecular flexibility index (Phi) is 4.88. The molecule has 0 spiro atoms. The van der Waals surface area contributed by atoms with Gasteiger partial charge in [-0.1, -0.05) is 42.5 Å². The predicted molar refractivity (Wildman–Crippen MR) is 81.4 cm³/mol. The number of nitrogens with zero attached hydrogens (tertiary/aromatic N) is 1. The second-order valence-electron chi connectivity index (χ2n) is 5.01. The summed E-state index contributed by atoms with van der Waals surface area (Å²) in [5.74, 6) is -0.216. The smallest absolute Gasteiger partial charge is 0.123 e. The number of benzene rings is 2. The summed E-state index contributed by atoms with van der Waals surface area (Å²) in [6.07, 6.45) is 0.671. The van der Waals surface area contributed by atoms with E-state index in [0.717, 1.165) is 16.8 Å². The number of halogens is 1. The van der Waals surface area contributed by atoms with Crippen molar-refractivity contribution in [3.63, 3.8) is 0 Å². The minimum absolute atomic E-state index is 0.216. The summed E-state index contributed by atoms with van der Waals surface area (Å²) in [4.78, 5) is 0. The average Bonchev–Trinajstić information content (AvgIpc) is 2.46. The normalized spacial score (nSPS) is 11.7. The molecule has 0 fully saturated rings. The lowest BCUT2D eigenvalue weighted by Crippen LogP contribution is -2.20. The highest BCUT2D eigenvalue weighted by Gasteiger charge is 2.06. The van der Waals surface area contributed by atoms with Gasteiger partial charge in [-0.25, -0.2) is 4.39 Å². The molecule has 0 bridgehead atoms. The predicted octanol–water partition coefficient (Wildman–Crippen LogP) is 3.77. The zero-order valence-corrected chi connectivity index (χ0v) is 11.8. The van der Waals surface area contributed by atoms with E-state index in [9.17, 15) is 4.39 Å². The number of hydrogen-bond acceptors (Lipinski definition) is 2. The van der Waals surface area contributed by atoms with Crippen LogP contribution in [0.2, 0.25) is 0 Å². The maximum atomic E-state index is 13.0. The number of hydrogen-bond donors (Lipinski definition) is 1. The third-order valence-corrected chi connectivity index (χ3v) is 2.85. The lowest BCUT2D eigenvalue weighted by atomic mass is 10.0. The molecule has 104 valence electrons. The Labute approximate surface area is 119 Å². The van der Waals surface area contributed by atoms with Crippen molar-refractivity contribution >= 4 is 5.71 Å². The maximum absolute atomic E-state index is 13.0. The van der Waals surface area contributed by atoms with E-state index in [0.29, 0.717) is 6.42 Å². The van der Waals surface area contributed by atoms with Crippen LogP contribution in [0, 0.1) is 5.82 Å². The summed E-state index contributed by atoms with van der Waals surface area (Å²) in [5.41, 5.74) is 6.15. The van der Waals surface area contributed by atoms with Gasteiger partial charge in [-0.05, 0) is 37.1 Å². The van der Waals surface area contributed by atoms with Gasteiger partial charge in [0.1, 0.15) is 5.82 Å². The standard InChI is InChI=1S/C17H19FN2/c1-13(2)19-20-17(15-6-4-3-5-7-15)12-14-8-10-16(18)11-9-14/h3-11,13,19H,12H2,1-2H3. The van der Waals surface area contributed by atoms with E-state index in [1.807, 2.05) is 44.2 Å². The Hall–Kier alpha value is -2.16. The summed E-state index contributed by atoms with van der Waals surface area (Å²) in [7, 11) is 0. The lowest BCUT2D eigenvalue weighted by molar-refractivity contribution is 0.619. The Morgan fingerprint density at radius 1 is 1.05 bits per heavy atom. The first-order chi connectivity index (χ1) is 9.65. The largest absolute Gasteiger partial charge is 0.307 e. The molecule has 0 unspecified atom stereocenters. The van der Waals surface area contributed by atoms with Crippen LogP contribution in [-0.4, -0.2) is 11.8 Å². The van der Waals surface area contributed by atoms with Gasteiger partial charge in [0, 0.05) is 12.5 Å². The molecule has 0 radical (unpaired) electrons. The van der Waals surface area contributed by atoms with E-state index in [1.165, 1.54) is 12.1 Å². The van der Waals surface area contributed by atoms with Gasteiger partial charge in [0.25, 0.3) is 0 Å². The van der Waals surface area contributed by atoms with E-state index >= 15 is 0 Å². The first kappa shape index (κ1) is 14.3. The van der Waals surface area contributed by atoms with Crippen LogP contribution >= 0.6 is 0 Å². The Morgan fingerprint density at radius 3 is 2.30 bits per heavy atom. The molecule has 0 aliphatic rings. The number of hydrazone groups is 1. The molecule has 2 rings (SSSR count). The van der Waals surface area contributed by atoms with Crippen molar-refractivity contribution in [1.82, 2.24) is 5.43 Å². The molecule has 20 heavy (non-hydrogen) atoms. The van der Waals surface area contributed by atoms with E-state index in [-0.39, 0.29) is 11.9 Å². The summed E-state index contributed by atoms with van der Waals surface area (Å²) >= 11 is 0. The first-order valence-electron chi connectivity index (χ1n) is 6.77. The highest BCUT2D eigenvalue weighted by Crippen LogP contribution is 2.09. The monoisotopic (exact) mass is 270 g/mol. The zero-order chi connectivity index (χ0) is 14.4. The van der Waals surface area contributed by atoms with Gasteiger partial charge in [0.15, 0.2) is 0 Å². The van der Waals surface area contributed by atoms with Crippen LogP contribution in [0.25, 0.3) is 0 Å². The van der Waals surface area contributed by atoms with Crippen molar-refractivity contribution in [3.8, 4) is 0 Å². The van der Waals surface area contributed by atoms with Crippen LogP contribution in [0.3, 0.4) is 0 Å². The van der Waals surface area contributed by atoms with Crippen molar-refractivity contribution < 1.29 is 4.39 Å². The third kappa shape index (κ3) is 4.19. The molecule has 0 aliphatic heterocycles. The fourth-order valence-corrected chi connectivity index (χ4v) is 1.84. The molecule has 2 aromatic rings. The average molecular weight is 270 g/mol. The molecular weight excluding hydrogens is 251 g/mol. The third-order valence-electron chi connectivity index (χ3n) is 2.85. The van der Waals surface area contributed by atoms with Gasteiger partial charge in [-0.15, -0.1) is 0 Å². The van der Waals surface area contributed by atoms with E-state index in [1.54, 1.807) is 12.1 Å². The van der Waals surface area contributed by atoms with E-state index in [4.69, 9.17) is 0 Å².